The van der Waals surface area contributed by atoms with Gasteiger partial charge in [0.1, 0.15) is 29.4 Å². The number of oxime groups is 1. The third-order valence-electron chi connectivity index (χ3n) is 5.37. The Labute approximate surface area is 253 Å². The molecule has 3 unspecified atom stereocenters. The van der Waals surface area contributed by atoms with E-state index in [1.807, 2.05) is 0 Å². The van der Waals surface area contributed by atoms with E-state index in [4.69, 9.17) is 24.7 Å². The fraction of sp³-hybridized carbons (Fsp3) is 0.500. The van der Waals surface area contributed by atoms with Crippen molar-refractivity contribution in [1.82, 2.24) is 20.1 Å². The molecule has 0 spiro atoms. The number of nitrogens with zero attached hydrogens (tertiary/aromatic N) is 4. The molecule has 0 bridgehead atoms. The van der Waals surface area contributed by atoms with Crippen molar-refractivity contribution in [3.05, 3.63) is 22.3 Å². The summed E-state index contributed by atoms with van der Waals surface area (Å²) in [6, 6.07) is -1.14. The number of hydrogen-bond acceptors (Lipinski definition) is 16. The molecule has 43 heavy (non-hydrogen) atoms. The monoisotopic (exact) mass is 642 g/mol. The lowest BCUT2D eigenvalue weighted by molar-refractivity contribution is -0.169. The molecule has 3 N–H and O–H groups in total. The van der Waals surface area contributed by atoms with Crippen molar-refractivity contribution in [3.63, 3.8) is 0 Å². The molecule has 0 aromatic carbocycles. The summed E-state index contributed by atoms with van der Waals surface area (Å²) < 4.78 is 20.3. The van der Waals surface area contributed by atoms with Crippen LogP contribution in [0.2, 0.25) is 0 Å². The average molecular weight is 643 g/mol. The van der Waals surface area contributed by atoms with E-state index in [9.17, 15) is 28.8 Å². The third-order valence-corrected chi connectivity index (χ3v) is 7.39. The van der Waals surface area contributed by atoms with Gasteiger partial charge in [-0.05, 0) is 13.8 Å². The van der Waals surface area contributed by atoms with E-state index in [0.717, 1.165) is 23.2 Å². The van der Waals surface area contributed by atoms with Gasteiger partial charge in [0.05, 0.1) is 6.10 Å². The third kappa shape index (κ3) is 8.34. The molecule has 3 rings (SSSR count). The predicted molar refractivity (Wildman–Crippen MR) is 150 cm³/mol. The van der Waals surface area contributed by atoms with Gasteiger partial charge in [-0.25, -0.2) is 24.2 Å². The van der Waals surface area contributed by atoms with Crippen LogP contribution in [0.3, 0.4) is 0 Å². The summed E-state index contributed by atoms with van der Waals surface area (Å²) in [4.78, 5) is 85.7. The quantitative estimate of drug-likeness (QED) is 0.0686. The van der Waals surface area contributed by atoms with Crippen molar-refractivity contribution in [3.8, 4) is 0 Å². The highest BCUT2D eigenvalue weighted by molar-refractivity contribution is 8.00. The molecule has 3 heterocycles. The molecular weight excluding hydrogens is 612 g/mol. The molecule has 2 aliphatic rings. The van der Waals surface area contributed by atoms with E-state index in [1.54, 1.807) is 13.8 Å². The van der Waals surface area contributed by atoms with E-state index in [2.05, 4.69) is 20.3 Å². The summed E-state index contributed by atoms with van der Waals surface area (Å²) in [6.45, 7) is 5.21. The minimum atomic E-state index is -1.40. The number of nitrogen functional groups attached to an aromatic ring is 1. The number of aromatic nitrogens is 1. The smallest absolute Gasteiger partial charge is 0.445 e. The Bertz CT molecular complexity index is 1360. The highest BCUT2D eigenvalue weighted by atomic mass is 32.2. The van der Waals surface area contributed by atoms with Gasteiger partial charge in [0.25, 0.3) is 11.8 Å². The Morgan fingerprint density at radius 1 is 1.19 bits per heavy atom. The molecule has 0 radical (unpaired) electrons. The largest absolute Gasteiger partial charge is 0.511 e. The maximum atomic E-state index is 13.3. The summed E-state index contributed by atoms with van der Waals surface area (Å²) in [5.41, 5.74) is 5.27. The molecule has 1 saturated heterocycles. The van der Waals surface area contributed by atoms with E-state index in [-0.39, 0.29) is 34.5 Å². The number of thiazole rings is 1. The first-order valence-corrected chi connectivity index (χ1v) is 14.5. The standard InChI is InChI=1S/C24H30N6O11S2/c1-10(2)38-24(36)40-12(4)39-21(34)17-13(7-37-23(35)29(5)6)8-42-20-16(19(33)30(17)20)27-18(32)15(28-41-11(3)31)14-9-43-22(25)26-14/h9-10,12,16,20H,7-8H2,1-6H3,(H2,25,26)(H,27,32)/b28-15-. The van der Waals surface area contributed by atoms with Crippen LogP contribution < -0.4 is 11.1 Å². The lowest BCUT2D eigenvalue weighted by Gasteiger charge is -2.49. The number of ether oxygens (including phenoxy) is 4. The van der Waals surface area contributed by atoms with Crippen LogP contribution in [0, 0.1) is 0 Å². The molecule has 0 aliphatic carbocycles. The second-order valence-corrected chi connectivity index (χ2v) is 11.4. The van der Waals surface area contributed by atoms with E-state index in [1.165, 1.54) is 43.1 Å². The number of esters is 1. The Hall–Kier alpha value is -4.39. The number of carbonyl (C=O) groups excluding carboxylic acids is 6. The zero-order chi connectivity index (χ0) is 32.0. The first-order valence-electron chi connectivity index (χ1n) is 12.6. The van der Waals surface area contributed by atoms with Gasteiger partial charge in [0.2, 0.25) is 6.29 Å². The number of rotatable bonds is 10. The normalized spacial score (nSPS) is 18.6. The average Bonchev–Trinajstić information content (AvgIpc) is 3.34. The Morgan fingerprint density at radius 3 is 2.47 bits per heavy atom. The van der Waals surface area contributed by atoms with Gasteiger partial charge in [-0.1, -0.05) is 5.16 Å². The molecule has 0 saturated carbocycles. The van der Waals surface area contributed by atoms with Crippen molar-refractivity contribution < 1.29 is 52.6 Å². The fourth-order valence-corrected chi connectivity index (χ4v) is 5.44. The topological polar surface area (TPSA) is 218 Å². The molecule has 1 fully saturated rings. The van der Waals surface area contributed by atoms with Crippen LogP contribution in [0.4, 0.5) is 14.7 Å². The summed E-state index contributed by atoms with van der Waals surface area (Å²) in [6.07, 6.45) is -3.65. The van der Waals surface area contributed by atoms with E-state index >= 15 is 0 Å². The van der Waals surface area contributed by atoms with Crippen molar-refractivity contribution in [1.29, 1.82) is 0 Å². The zero-order valence-electron chi connectivity index (χ0n) is 24.0. The van der Waals surface area contributed by atoms with Crippen LogP contribution >= 0.6 is 23.1 Å². The maximum absolute atomic E-state index is 13.3. The first-order chi connectivity index (χ1) is 20.2. The molecule has 1 aromatic rings. The predicted octanol–water partition coefficient (Wildman–Crippen LogP) is 0.796. The van der Waals surface area contributed by atoms with Crippen LogP contribution in [0.15, 0.2) is 21.8 Å². The minimum absolute atomic E-state index is 0.0142. The van der Waals surface area contributed by atoms with Gasteiger partial charge in [0, 0.05) is 44.6 Å². The number of carbonyl (C=O) groups is 6. The summed E-state index contributed by atoms with van der Waals surface area (Å²) in [5, 5.41) is 6.83. The van der Waals surface area contributed by atoms with Gasteiger partial charge in [0.15, 0.2) is 10.8 Å². The van der Waals surface area contributed by atoms with Crippen molar-refractivity contribution in [2.45, 2.75) is 51.5 Å². The lowest BCUT2D eigenvalue weighted by atomic mass is 10.0. The molecule has 3 amide bonds. The number of β-lactam (4-membered cyclic amide) rings is 1. The Morgan fingerprint density at radius 2 is 1.88 bits per heavy atom. The SMILES string of the molecule is CC(=O)O/N=C(\C(=O)NC1C(=O)N2C(C(=O)OC(C)OC(=O)OC(C)C)=C(COC(=O)N(C)C)CSC12)c1csc(N)n1. The minimum Gasteiger partial charge on any atom is -0.445 e. The molecule has 17 nitrogen and oxygen atoms in total. The Kier molecular flexibility index (Phi) is 10.9. The van der Waals surface area contributed by atoms with E-state index < -0.39 is 65.5 Å². The van der Waals surface area contributed by atoms with Crippen LogP contribution in [0.25, 0.3) is 0 Å². The maximum Gasteiger partial charge on any atom is 0.511 e. The molecule has 3 atom stereocenters. The fourth-order valence-electron chi connectivity index (χ4n) is 3.57. The Balaban J connectivity index is 1.82. The van der Waals surface area contributed by atoms with Crippen molar-refractivity contribution in [2.24, 2.45) is 5.16 Å². The van der Waals surface area contributed by atoms with Crippen LogP contribution in [-0.4, -0.2) is 107 Å². The second kappa shape index (κ2) is 14.2. The number of thioether (sulfide) groups is 1. The lowest BCUT2D eigenvalue weighted by Crippen LogP contribution is -2.71. The van der Waals surface area contributed by atoms with Gasteiger partial charge in [-0.2, -0.15) is 0 Å². The highest BCUT2D eigenvalue weighted by Gasteiger charge is 2.55. The second-order valence-electron chi connectivity index (χ2n) is 9.36. The summed E-state index contributed by atoms with van der Waals surface area (Å²) in [5.74, 6) is -3.33. The molecule has 2 aliphatic heterocycles. The zero-order valence-corrected chi connectivity index (χ0v) is 25.6. The molecule has 1 aromatic heterocycles. The van der Waals surface area contributed by atoms with Gasteiger partial charge >= 0.3 is 24.2 Å². The van der Waals surface area contributed by atoms with Crippen LogP contribution in [0.1, 0.15) is 33.4 Å². The number of nitrogens with two attached hydrogens (primary N) is 1. The summed E-state index contributed by atoms with van der Waals surface area (Å²) in [7, 11) is 2.94. The highest BCUT2D eigenvalue weighted by Crippen LogP contribution is 2.41. The summed E-state index contributed by atoms with van der Waals surface area (Å²) >= 11 is 2.19. The number of nitrogens with one attached hydrogen (secondary N) is 1. The number of amides is 3. The first kappa shape index (κ1) is 33.1. The number of fused-ring (bicyclic) bond motifs is 1. The van der Waals surface area contributed by atoms with Crippen molar-refractivity contribution >= 4 is 69.9 Å². The van der Waals surface area contributed by atoms with Crippen LogP contribution in [-0.2, 0) is 43.0 Å². The number of anilines is 1. The van der Waals surface area contributed by atoms with Crippen LogP contribution in [0.5, 0.6) is 0 Å². The van der Waals surface area contributed by atoms with Crippen molar-refractivity contribution in [2.75, 3.05) is 32.2 Å². The molecule has 234 valence electrons. The van der Waals surface area contributed by atoms with Gasteiger partial charge in [-0.3, -0.25) is 14.5 Å². The van der Waals surface area contributed by atoms with Gasteiger partial charge in [-0.15, -0.1) is 23.1 Å². The van der Waals surface area contributed by atoms with Gasteiger partial charge < -0.3 is 39.7 Å². The molecular formula is C24H30N6O11S2. The number of hydrogen-bond donors (Lipinski definition) is 2. The molecule has 19 heteroatoms. The van der Waals surface area contributed by atoms with E-state index in [0.29, 0.717) is 0 Å².